The Balaban J connectivity index is 1.95. The molecule has 1 N–H and O–H groups in total. The summed E-state index contributed by atoms with van der Waals surface area (Å²) < 4.78 is 5.60. The third-order valence-electron chi connectivity index (χ3n) is 3.25. The molecule has 0 aliphatic heterocycles. The number of carboxylic acids is 1. The highest BCUT2D eigenvalue weighted by atomic mass is 32.1. The van der Waals surface area contributed by atoms with Gasteiger partial charge in [0.1, 0.15) is 5.76 Å². The molecule has 0 atom stereocenters. The monoisotopic (exact) mass is 322 g/mol. The Labute approximate surface area is 132 Å². The summed E-state index contributed by atoms with van der Waals surface area (Å²) in [5, 5.41) is 10.5. The van der Waals surface area contributed by atoms with Crippen molar-refractivity contribution in [3.8, 4) is 10.8 Å². The Kier molecular flexibility index (Phi) is 5.32. The van der Waals surface area contributed by atoms with Gasteiger partial charge in [0, 0.05) is 20.0 Å². The summed E-state index contributed by atoms with van der Waals surface area (Å²) in [6.45, 7) is 2.21. The number of likely N-dealkylation sites (N-methyl/N-ethyl adjacent to an activating group) is 1. The number of carboxylic acid groups (broad SMARTS) is 1. The second-order valence-electron chi connectivity index (χ2n) is 4.99. The summed E-state index contributed by atoms with van der Waals surface area (Å²) >= 11 is 1.53. The fourth-order valence-electron chi connectivity index (χ4n) is 1.97. The molecule has 118 valence electrons. The maximum absolute atomic E-state index is 12.1. The molecule has 0 aliphatic rings. The molecule has 0 aromatic carbocycles. The summed E-state index contributed by atoms with van der Waals surface area (Å²) in [6, 6.07) is 3.83. The van der Waals surface area contributed by atoms with Crippen LogP contribution in [0.15, 0.2) is 21.9 Å². The summed E-state index contributed by atoms with van der Waals surface area (Å²) in [4.78, 5) is 29.5. The molecule has 0 saturated carbocycles. The molecule has 22 heavy (non-hydrogen) atoms. The summed E-state index contributed by atoms with van der Waals surface area (Å²) in [7, 11) is 1.67. The van der Waals surface area contributed by atoms with E-state index in [4.69, 9.17) is 9.52 Å². The summed E-state index contributed by atoms with van der Waals surface area (Å²) in [5.74, 6) is 0.216. The van der Waals surface area contributed by atoms with Crippen molar-refractivity contribution < 1.29 is 19.1 Å². The molecule has 6 nitrogen and oxygen atoms in total. The van der Waals surface area contributed by atoms with Crippen molar-refractivity contribution in [3.63, 3.8) is 0 Å². The van der Waals surface area contributed by atoms with Gasteiger partial charge in [0.05, 0.1) is 17.0 Å². The van der Waals surface area contributed by atoms with Gasteiger partial charge in [0.15, 0.2) is 0 Å². The number of thiophene rings is 1. The van der Waals surface area contributed by atoms with Crippen LogP contribution >= 0.6 is 11.3 Å². The maximum Gasteiger partial charge on any atom is 0.303 e. The SMILES string of the molecule is Cc1oc(-c2cccs2)nc1CC(=O)N(C)CCCC(=O)O. The number of aryl methyl sites for hydroxylation is 1. The van der Waals surface area contributed by atoms with E-state index < -0.39 is 5.97 Å². The first kappa shape index (κ1) is 16.2. The first-order chi connectivity index (χ1) is 10.5. The van der Waals surface area contributed by atoms with Gasteiger partial charge in [0.25, 0.3) is 0 Å². The van der Waals surface area contributed by atoms with Crippen LogP contribution in [0.25, 0.3) is 10.8 Å². The van der Waals surface area contributed by atoms with Gasteiger partial charge in [-0.3, -0.25) is 9.59 Å². The first-order valence-corrected chi connectivity index (χ1v) is 7.81. The Morgan fingerprint density at radius 3 is 2.86 bits per heavy atom. The molecular formula is C15H18N2O4S. The number of aromatic nitrogens is 1. The zero-order chi connectivity index (χ0) is 16.1. The van der Waals surface area contributed by atoms with Crippen LogP contribution in [0.3, 0.4) is 0 Å². The van der Waals surface area contributed by atoms with Crippen LogP contribution in [-0.2, 0) is 16.0 Å². The van der Waals surface area contributed by atoms with E-state index in [9.17, 15) is 9.59 Å². The van der Waals surface area contributed by atoms with Gasteiger partial charge in [-0.15, -0.1) is 11.3 Å². The molecule has 2 aromatic heterocycles. The van der Waals surface area contributed by atoms with Crippen molar-refractivity contribution in [2.24, 2.45) is 0 Å². The number of amides is 1. The van der Waals surface area contributed by atoms with E-state index in [-0.39, 0.29) is 18.7 Å². The van der Waals surface area contributed by atoms with Crippen molar-refractivity contribution in [2.75, 3.05) is 13.6 Å². The highest BCUT2D eigenvalue weighted by molar-refractivity contribution is 7.13. The van der Waals surface area contributed by atoms with Crippen LogP contribution in [0.2, 0.25) is 0 Å². The van der Waals surface area contributed by atoms with Gasteiger partial charge in [-0.25, -0.2) is 4.98 Å². The topological polar surface area (TPSA) is 83.6 Å². The number of aliphatic carboxylic acids is 1. The minimum absolute atomic E-state index is 0.0587. The normalized spacial score (nSPS) is 10.6. The second kappa shape index (κ2) is 7.22. The largest absolute Gasteiger partial charge is 0.481 e. The number of carbonyl (C=O) groups excluding carboxylic acids is 1. The molecule has 0 bridgehead atoms. The van der Waals surface area contributed by atoms with Gasteiger partial charge in [-0.1, -0.05) is 6.07 Å². The standard InChI is InChI=1S/C15H18N2O4S/c1-10-11(16-15(21-10)12-5-4-8-22-12)9-13(18)17(2)7-3-6-14(19)20/h4-5,8H,3,6-7,9H2,1-2H3,(H,19,20). The minimum atomic E-state index is -0.853. The van der Waals surface area contributed by atoms with Crippen LogP contribution < -0.4 is 0 Å². The molecular weight excluding hydrogens is 304 g/mol. The highest BCUT2D eigenvalue weighted by Crippen LogP contribution is 2.26. The molecule has 0 fully saturated rings. The molecule has 1 amide bonds. The number of hydrogen-bond acceptors (Lipinski definition) is 5. The third-order valence-corrected chi connectivity index (χ3v) is 4.11. The van der Waals surface area contributed by atoms with Gasteiger partial charge in [-0.2, -0.15) is 0 Å². The van der Waals surface area contributed by atoms with Gasteiger partial charge >= 0.3 is 5.97 Å². The Morgan fingerprint density at radius 1 is 1.45 bits per heavy atom. The average Bonchev–Trinajstić information content (AvgIpc) is 3.08. The molecule has 7 heteroatoms. The fourth-order valence-corrected chi connectivity index (χ4v) is 2.62. The minimum Gasteiger partial charge on any atom is -0.481 e. The van der Waals surface area contributed by atoms with Crippen molar-refractivity contribution in [2.45, 2.75) is 26.2 Å². The van der Waals surface area contributed by atoms with Crippen LogP contribution in [-0.4, -0.2) is 40.5 Å². The van der Waals surface area contributed by atoms with Crippen molar-refractivity contribution in [3.05, 3.63) is 29.0 Å². The average molecular weight is 322 g/mol. The lowest BCUT2D eigenvalue weighted by molar-refractivity contribution is -0.138. The Hall–Kier alpha value is -2.15. The predicted octanol–water partition coefficient (Wildman–Crippen LogP) is 2.58. The number of rotatable bonds is 7. The number of carbonyl (C=O) groups is 2. The Bertz CT molecular complexity index is 649. The fraction of sp³-hybridized carbons (Fsp3) is 0.400. The lowest BCUT2D eigenvalue weighted by atomic mass is 10.2. The van der Waals surface area contributed by atoms with E-state index >= 15 is 0 Å². The van der Waals surface area contributed by atoms with E-state index in [0.29, 0.717) is 30.3 Å². The van der Waals surface area contributed by atoms with Gasteiger partial charge in [-0.05, 0) is 24.8 Å². The van der Waals surface area contributed by atoms with Gasteiger partial charge < -0.3 is 14.4 Å². The van der Waals surface area contributed by atoms with Crippen LogP contribution in [0.1, 0.15) is 24.3 Å². The van der Waals surface area contributed by atoms with E-state index in [0.717, 1.165) is 4.88 Å². The second-order valence-corrected chi connectivity index (χ2v) is 5.94. The molecule has 2 heterocycles. The number of oxazole rings is 1. The first-order valence-electron chi connectivity index (χ1n) is 6.93. The molecule has 0 unspecified atom stereocenters. The van der Waals surface area contributed by atoms with E-state index in [1.165, 1.54) is 16.2 Å². The third kappa shape index (κ3) is 4.17. The zero-order valence-electron chi connectivity index (χ0n) is 12.5. The summed E-state index contributed by atoms with van der Waals surface area (Å²) in [5.41, 5.74) is 0.624. The van der Waals surface area contributed by atoms with E-state index in [2.05, 4.69) is 4.98 Å². The van der Waals surface area contributed by atoms with Crippen molar-refractivity contribution >= 4 is 23.2 Å². The predicted molar refractivity (Wildman–Crippen MR) is 82.8 cm³/mol. The van der Waals surface area contributed by atoms with Crippen LogP contribution in [0.4, 0.5) is 0 Å². The lowest BCUT2D eigenvalue weighted by Crippen LogP contribution is -2.29. The number of hydrogen-bond donors (Lipinski definition) is 1. The highest BCUT2D eigenvalue weighted by Gasteiger charge is 2.17. The molecule has 2 rings (SSSR count). The molecule has 0 saturated heterocycles. The lowest BCUT2D eigenvalue weighted by Gasteiger charge is -2.15. The maximum atomic E-state index is 12.1. The summed E-state index contributed by atoms with van der Waals surface area (Å²) in [6.07, 6.45) is 0.656. The molecule has 0 aliphatic carbocycles. The van der Waals surface area contributed by atoms with E-state index in [1.54, 1.807) is 14.0 Å². The smallest absolute Gasteiger partial charge is 0.303 e. The molecule has 0 spiro atoms. The Morgan fingerprint density at radius 2 is 2.23 bits per heavy atom. The molecule has 0 radical (unpaired) electrons. The quantitative estimate of drug-likeness (QED) is 0.847. The molecule has 2 aromatic rings. The number of nitrogens with zero attached hydrogens (tertiary/aromatic N) is 2. The zero-order valence-corrected chi connectivity index (χ0v) is 13.4. The van der Waals surface area contributed by atoms with Crippen molar-refractivity contribution in [1.29, 1.82) is 0 Å². The van der Waals surface area contributed by atoms with Gasteiger partial charge in [0.2, 0.25) is 11.8 Å². The van der Waals surface area contributed by atoms with Crippen LogP contribution in [0, 0.1) is 6.92 Å². The van der Waals surface area contributed by atoms with Crippen LogP contribution in [0.5, 0.6) is 0 Å². The van der Waals surface area contributed by atoms with E-state index in [1.807, 2.05) is 17.5 Å². The van der Waals surface area contributed by atoms with Crippen molar-refractivity contribution in [1.82, 2.24) is 9.88 Å².